The second-order valence-corrected chi connectivity index (χ2v) is 2.03. The van der Waals surface area contributed by atoms with E-state index in [2.05, 4.69) is 4.98 Å². The molecule has 2 heteroatoms. The zero-order valence-electron chi connectivity index (χ0n) is 6.56. The molecule has 10 heavy (non-hydrogen) atoms. The van der Waals surface area contributed by atoms with Crippen molar-refractivity contribution in [1.29, 1.82) is 0 Å². The molecule has 0 unspecified atom stereocenters. The highest BCUT2D eigenvalue weighted by Gasteiger charge is 1.87. The highest BCUT2D eigenvalue weighted by molar-refractivity contribution is 6.31. The largest absolute Gasteiger partial charge is 0.264 e. The van der Waals surface area contributed by atoms with Crippen LogP contribution in [0.15, 0.2) is 18.5 Å². The van der Waals surface area contributed by atoms with Gasteiger partial charge >= 0.3 is 0 Å². The maximum absolute atomic E-state index is 5.67. The quantitative estimate of drug-likeness (QED) is 0.564. The number of aryl methyl sites for hydroxylation is 1. The summed E-state index contributed by atoms with van der Waals surface area (Å²) in [5.41, 5.74) is 1.02. The summed E-state index contributed by atoms with van der Waals surface area (Å²) in [6, 6.07) is 1.77. The third kappa shape index (κ3) is 2.83. The second-order valence-electron chi connectivity index (χ2n) is 1.62. The Balaban J connectivity index is 0.000000371. The fourth-order valence-corrected chi connectivity index (χ4v) is 0.562. The van der Waals surface area contributed by atoms with Crippen molar-refractivity contribution in [3.05, 3.63) is 29.0 Å². The predicted octanol–water partition coefficient (Wildman–Crippen LogP) is 3.07. The van der Waals surface area contributed by atoms with E-state index in [0.29, 0.717) is 0 Å². The van der Waals surface area contributed by atoms with Gasteiger partial charge in [0.15, 0.2) is 0 Å². The number of halogens is 1. The van der Waals surface area contributed by atoms with Gasteiger partial charge in [0.2, 0.25) is 0 Å². The van der Waals surface area contributed by atoms with Crippen LogP contribution in [0.3, 0.4) is 0 Å². The Morgan fingerprint density at radius 2 is 2.00 bits per heavy atom. The number of hydrogen-bond donors (Lipinski definition) is 0. The van der Waals surface area contributed by atoms with Gasteiger partial charge in [0, 0.05) is 17.4 Å². The van der Waals surface area contributed by atoms with Crippen LogP contribution in [0.25, 0.3) is 0 Å². The highest BCUT2D eigenvalue weighted by atomic mass is 35.5. The Morgan fingerprint density at radius 1 is 1.40 bits per heavy atom. The Kier molecular flexibility index (Phi) is 4.95. The van der Waals surface area contributed by atoms with Gasteiger partial charge in [-0.3, -0.25) is 4.98 Å². The summed E-state index contributed by atoms with van der Waals surface area (Å²) in [6.45, 7) is 5.93. The first-order chi connectivity index (χ1) is 4.80. The average Bonchev–Trinajstić information content (AvgIpc) is 2.00. The predicted molar refractivity (Wildman–Crippen MR) is 45.3 cm³/mol. The average molecular weight is 158 g/mol. The van der Waals surface area contributed by atoms with E-state index in [0.717, 1.165) is 10.6 Å². The minimum atomic E-state index is 0.778. The first-order valence-electron chi connectivity index (χ1n) is 3.37. The molecule has 56 valence electrons. The van der Waals surface area contributed by atoms with E-state index in [4.69, 9.17) is 11.6 Å². The summed E-state index contributed by atoms with van der Waals surface area (Å²) < 4.78 is 0. The van der Waals surface area contributed by atoms with Crippen molar-refractivity contribution in [2.24, 2.45) is 0 Å². The van der Waals surface area contributed by atoms with Crippen LogP contribution < -0.4 is 0 Å². The summed E-state index contributed by atoms with van der Waals surface area (Å²) >= 11 is 5.67. The van der Waals surface area contributed by atoms with Gasteiger partial charge in [0.25, 0.3) is 0 Å². The second kappa shape index (κ2) is 5.24. The molecule has 0 N–H and O–H groups in total. The molecule has 0 bridgehead atoms. The van der Waals surface area contributed by atoms with Crippen molar-refractivity contribution in [2.45, 2.75) is 20.8 Å². The molecule has 0 atom stereocenters. The van der Waals surface area contributed by atoms with E-state index in [1.54, 1.807) is 18.5 Å². The number of rotatable bonds is 0. The van der Waals surface area contributed by atoms with Crippen molar-refractivity contribution in [3.63, 3.8) is 0 Å². The van der Waals surface area contributed by atoms with E-state index < -0.39 is 0 Å². The summed E-state index contributed by atoms with van der Waals surface area (Å²) in [7, 11) is 0. The number of nitrogens with zero attached hydrogens (tertiary/aromatic N) is 1. The number of aromatic nitrogens is 1. The van der Waals surface area contributed by atoms with Crippen LogP contribution in [0.5, 0.6) is 0 Å². The smallest absolute Gasteiger partial charge is 0.0465 e. The van der Waals surface area contributed by atoms with Gasteiger partial charge in [-0.1, -0.05) is 25.4 Å². The third-order valence-electron chi connectivity index (χ3n) is 0.952. The zero-order chi connectivity index (χ0) is 7.98. The molecule has 1 heterocycles. The fourth-order valence-electron chi connectivity index (χ4n) is 0.456. The lowest BCUT2D eigenvalue weighted by atomic mass is 10.3. The van der Waals surface area contributed by atoms with E-state index >= 15 is 0 Å². The summed E-state index contributed by atoms with van der Waals surface area (Å²) in [5.74, 6) is 0. The van der Waals surface area contributed by atoms with Crippen molar-refractivity contribution in [1.82, 2.24) is 4.98 Å². The normalized spacial score (nSPS) is 8.00. The zero-order valence-corrected chi connectivity index (χ0v) is 7.31. The molecule has 1 rings (SSSR count). The molecule has 0 amide bonds. The summed E-state index contributed by atoms with van der Waals surface area (Å²) in [6.07, 6.45) is 3.41. The van der Waals surface area contributed by atoms with Gasteiger partial charge in [-0.2, -0.15) is 0 Å². The number of hydrogen-bond acceptors (Lipinski definition) is 1. The molecule has 0 spiro atoms. The fraction of sp³-hybridized carbons (Fsp3) is 0.375. The van der Waals surface area contributed by atoms with Crippen molar-refractivity contribution in [2.75, 3.05) is 0 Å². The SMILES string of the molecule is CC.Cc1cnccc1Cl. The van der Waals surface area contributed by atoms with Crippen molar-refractivity contribution < 1.29 is 0 Å². The third-order valence-corrected chi connectivity index (χ3v) is 1.38. The lowest BCUT2D eigenvalue weighted by Gasteiger charge is -1.90. The van der Waals surface area contributed by atoms with Crippen LogP contribution in [0.1, 0.15) is 19.4 Å². The molecule has 1 nitrogen and oxygen atoms in total. The Bertz CT molecular complexity index is 165. The Hall–Kier alpha value is -0.560. The molecule has 1 aromatic heterocycles. The molecule has 0 saturated carbocycles. The van der Waals surface area contributed by atoms with E-state index in [1.165, 1.54) is 0 Å². The standard InChI is InChI=1S/C6H6ClN.C2H6/c1-5-4-8-3-2-6(5)7;1-2/h2-4H,1H3;1-2H3. The lowest BCUT2D eigenvalue weighted by molar-refractivity contribution is 1.27. The maximum atomic E-state index is 5.67. The maximum Gasteiger partial charge on any atom is 0.0465 e. The van der Waals surface area contributed by atoms with Gasteiger partial charge in [-0.05, 0) is 18.6 Å². The molecule has 0 saturated heterocycles. The minimum absolute atomic E-state index is 0.778. The van der Waals surface area contributed by atoms with Crippen LogP contribution in [0.2, 0.25) is 5.02 Å². The molecule has 0 fully saturated rings. The van der Waals surface area contributed by atoms with Crippen LogP contribution in [0, 0.1) is 6.92 Å². The van der Waals surface area contributed by atoms with Crippen LogP contribution in [0.4, 0.5) is 0 Å². The minimum Gasteiger partial charge on any atom is -0.264 e. The van der Waals surface area contributed by atoms with Crippen molar-refractivity contribution >= 4 is 11.6 Å². The highest BCUT2D eigenvalue weighted by Crippen LogP contribution is 2.10. The first-order valence-corrected chi connectivity index (χ1v) is 3.74. The van der Waals surface area contributed by atoms with E-state index in [-0.39, 0.29) is 0 Å². The molecular weight excluding hydrogens is 146 g/mol. The van der Waals surface area contributed by atoms with E-state index in [9.17, 15) is 0 Å². The molecule has 0 aliphatic rings. The molecule has 0 aliphatic heterocycles. The first kappa shape index (κ1) is 9.44. The van der Waals surface area contributed by atoms with Crippen LogP contribution >= 0.6 is 11.6 Å². The van der Waals surface area contributed by atoms with E-state index in [1.807, 2.05) is 20.8 Å². The van der Waals surface area contributed by atoms with Gasteiger partial charge in [0.05, 0.1) is 0 Å². The number of pyridine rings is 1. The van der Waals surface area contributed by atoms with Gasteiger partial charge in [-0.15, -0.1) is 0 Å². The van der Waals surface area contributed by atoms with Crippen LogP contribution in [-0.4, -0.2) is 4.98 Å². The Labute approximate surface area is 67.1 Å². The van der Waals surface area contributed by atoms with Crippen LogP contribution in [-0.2, 0) is 0 Å². The van der Waals surface area contributed by atoms with Gasteiger partial charge in [-0.25, -0.2) is 0 Å². The van der Waals surface area contributed by atoms with Gasteiger partial charge < -0.3 is 0 Å². The molecule has 0 aliphatic carbocycles. The Morgan fingerprint density at radius 3 is 2.30 bits per heavy atom. The van der Waals surface area contributed by atoms with Crippen molar-refractivity contribution in [3.8, 4) is 0 Å². The molecule has 0 radical (unpaired) electrons. The topological polar surface area (TPSA) is 12.9 Å². The molecule has 0 aromatic carbocycles. The molecular formula is C8H12ClN. The molecule has 1 aromatic rings. The summed E-state index contributed by atoms with van der Waals surface area (Å²) in [4.78, 5) is 3.86. The monoisotopic (exact) mass is 157 g/mol. The summed E-state index contributed by atoms with van der Waals surface area (Å²) in [5, 5.41) is 0.778. The lowest BCUT2D eigenvalue weighted by Crippen LogP contribution is -1.74. The van der Waals surface area contributed by atoms with Gasteiger partial charge in [0.1, 0.15) is 0 Å².